The molecule has 2 N–H and O–H groups in total. The van der Waals surface area contributed by atoms with Gasteiger partial charge in [-0.2, -0.15) is 0 Å². The number of ether oxygens (including phenoxy) is 1. The molecule has 5 heteroatoms. The fourth-order valence-electron chi connectivity index (χ4n) is 1.45. The van der Waals surface area contributed by atoms with E-state index in [4.69, 9.17) is 14.9 Å². The first kappa shape index (κ1) is 14.5. The molecule has 0 atom stereocenters. The molecule has 0 amide bonds. The predicted molar refractivity (Wildman–Crippen MR) is 70.0 cm³/mol. The monoisotopic (exact) mass is 262 g/mol. The number of rotatable bonds is 5. The number of aliphatic carboxylic acids is 2. The number of methoxy groups -OCH3 is 1. The van der Waals surface area contributed by atoms with Crippen LogP contribution in [0.25, 0.3) is 6.08 Å². The van der Waals surface area contributed by atoms with Gasteiger partial charge in [-0.1, -0.05) is 24.3 Å². The lowest BCUT2D eigenvalue weighted by atomic mass is 10.1. The van der Waals surface area contributed by atoms with Crippen LogP contribution in [0, 0.1) is 0 Å². The van der Waals surface area contributed by atoms with Crippen LogP contribution in [0.1, 0.15) is 12.5 Å². The van der Waals surface area contributed by atoms with Crippen LogP contribution >= 0.6 is 0 Å². The van der Waals surface area contributed by atoms with Gasteiger partial charge in [-0.25, -0.2) is 9.59 Å². The molecule has 19 heavy (non-hydrogen) atoms. The van der Waals surface area contributed by atoms with Gasteiger partial charge in [0.15, 0.2) is 0 Å². The molecular weight excluding hydrogens is 248 g/mol. The van der Waals surface area contributed by atoms with E-state index in [0.717, 1.165) is 5.56 Å². The van der Waals surface area contributed by atoms with E-state index in [0.29, 0.717) is 5.75 Å². The zero-order valence-electron chi connectivity index (χ0n) is 10.6. The second-order valence-corrected chi connectivity index (χ2v) is 3.77. The summed E-state index contributed by atoms with van der Waals surface area (Å²) in [6, 6.07) is 7.08. The third-order valence-corrected chi connectivity index (χ3v) is 2.46. The topological polar surface area (TPSA) is 83.8 Å². The van der Waals surface area contributed by atoms with Crippen LogP contribution < -0.4 is 4.74 Å². The largest absolute Gasteiger partial charge is 0.497 e. The zero-order valence-corrected chi connectivity index (χ0v) is 10.6. The summed E-state index contributed by atoms with van der Waals surface area (Å²) in [5.41, 5.74) is 0.357. The third kappa shape index (κ3) is 3.99. The van der Waals surface area contributed by atoms with Crippen molar-refractivity contribution in [3.8, 4) is 5.75 Å². The molecule has 1 aromatic carbocycles. The Morgan fingerprint density at radius 2 is 1.63 bits per heavy atom. The van der Waals surface area contributed by atoms with E-state index in [1.807, 2.05) is 0 Å². The average Bonchev–Trinajstić information content (AvgIpc) is 2.36. The van der Waals surface area contributed by atoms with Crippen LogP contribution in [0.5, 0.6) is 5.75 Å². The summed E-state index contributed by atoms with van der Waals surface area (Å²) >= 11 is 0. The number of hydrogen-bond donors (Lipinski definition) is 2. The molecule has 1 rings (SSSR count). The SMILES string of the molecule is COc1ccc(/C=C/C(C)=C(C(=O)O)C(=O)O)cc1. The number of benzene rings is 1. The van der Waals surface area contributed by atoms with E-state index in [9.17, 15) is 9.59 Å². The molecule has 0 aliphatic carbocycles. The van der Waals surface area contributed by atoms with Crippen molar-refractivity contribution in [3.05, 3.63) is 47.1 Å². The Labute approximate surface area is 110 Å². The standard InChI is InChI=1S/C14H14O5/c1-9(12(13(15)16)14(17)18)3-4-10-5-7-11(19-2)8-6-10/h3-8H,1-2H3,(H,15,16)(H,17,18)/b4-3+. The van der Waals surface area contributed by atoms with E-state index >= 15 is 0 Å². The van der Waals surface area contributed by atoms with Crippen LogP contribution in [-0.4, -0.2) is 29.3 Å². The van der Waals surface area contributed by atoms with Gasteiger partial charge in [0, 0.05) is 0 Å². The number of allylic oxidation sites excluding steroid dienone is 2. The fraction of sp³-hybridized carbons (Fsp3) is 0.143. The van der Waals surface area contributed by atoms with E-state index in [1.165, 1.54) is 13.0 Å². The Hall–Kier alpha value is -2.56. The molecular formula is C14H14O5. The molecule has 0 unspecified atom stereocenters. The maximum atomic E-state index is 10.8. The van der Waals surface area contributed by atoms with Gasteiger partial charge in [0.1, 0.15) is 11.3 Å². The maximum Gasteiger partial charge on any atom is 0.343 e. The van der Waals surface area contributed by atoms with Crippen LogP contribution in [0.2, 0.25) is 0 Å². The summed E-state index contributed by atoms with van der Waals surface area (Å²) in [5, 5.41) is 17.6. The van der Waals surface area contributed by atoms with E-state index < -0.39 is 17.5 Å². The fourth-order valence-corrected chi connectivity index (χ4v) is 1.45. The van der Waals surface area contributed by atoms with E-state index in [-0.39, 0.29) is 5.57 Å². The Morgan fingerprint density at radius 1 is 1.11 bits per heavy atom. The normalized spacial score (nSPS) is 10.2. The number of carboxylic acid groups (broad SMARTS) is 2. The Bertz CT molecular complexity index is 521. The molecule has 0 spiro atoms. The predicted octanol–water partition coefficient (Wildman–Crippen LogP) is 2.19. The van der Waals surface area contributed by atoms with E-state index in [2.05, 4.69) is 0 Å². The summed E-state index contributed by atoms with van der Waals surface area (Å²) < 4.78 is 5.01. The van der Waals surface area contributed by atoms with Crippen molar-refractivity contribution in [2.75, 3.05) is 7.11 Å². The summed E-state index contributed by atoms with van der Waals surface area (Å²) in [6.45, 7) is 1.44. The molecule has 1 aromatic rings. The molecule has 0 aliphatic rings. The lowest BCUT2D eigenvalue weighted by Gasteiger charge is -2.00. The summed E-state index contributed by atoms with van der Waals surface area (Å²) in [5.74, 6) is -2.20. The molecule has 0 bridgehead atoms. The molecule has 100 valence electrons. The van der Waals surface area contributed by atoms with Crippen LogP contribution in [0.4, 0.5) is 0 Å². The first-order valence-corrected chi connectivity index (χ1v) is 5.45. The van der Waals surface area contributed by atoms with Gasteiger partial charge < -0.3 is 14.9 Å². The highest BCUT2D eigenvalue weighted by molar-refractivity contribution is 6.13. The van der Waals surface area contributed by atoms with Gasteiger partial charge >= 0.3 is 11.9 Å². The summed E-state index contributed by atoms with van der Waals surface area (Å²) in [4.78, 5) is 21.6. The van der Waals surface area contributed by atoms with Crippen molar-refractivity contribution in [1.29, 1.82) is 0 Å². The Morgan fingerprint density at radius 3 is 2.05 bits per heavy atom. The van der Waals surface area contributed by atoms with Crippen molar-refractivity contribution in [3.63, 3.8) is 0 Å². The first-order valence-electron chi connectivity index (χ1n) is 5.45. The van der Waals surface area contributed by atoms with Crippen LogP contribution in [0.3, 0.4) is 0 Å². The Balaban J connectivity index is 2.98. The smallest absolute Gasteiger partial charge is 0.343 e. The van der Waals surface area contributed by atoms with Crippen molar-refractivity contribution in [1.82, 2.24) is 0 Å². The molecule has 0 saturated heterocycles. The van der Waals surface area contributed by atoms with Crippen LogP contribution in [-0.2, 0) is 9.59 Å². The molecule has 0 saturated carbocycles. The highest BCUT2D eigenvalue weighted by Gasteiger charge is 2.17. The van der Waals surface area contributed by atoms with Gasteiger partial charge in [-0.15, -0.1) is 0 Å². The van der Waals surface area contributed by atoms with Gasteiger partial charge in [-0.3, -0.25) is 0 Å². The number of carboxylic acids is 2. The van der Waals surface area contributed by atoms with Crippen molar-refractivity contribution >= 4 is 18.0 Å². The summed E-state index contributed by atoms with van der Waals surface area (Å²) in [7, 11) is 1.56. The minimum atomic E-state index is -1.45. The Kier molecular flexibility index (Phi) is 4.88. The number of hydrogen-bond acceptors (Lipinski definition) is 3. The van der Waals surface area contributed by atoms with Crippen molar-refractivity contribution in [2.24, 2.45) is 0 Å². The van der Waals surface area contributed by atoms with Gasteiger partial charge in [-0.05, 0) is 30.2 Å². The molecule has 0 aliphatic heterocycles. The molecule has 0 heterocycles. The highest BCUT2D eigenvalue weighted by atomic mass is 16.5. The lowest BCUT2D eigenvalue weighted by Crippen LogP contribution is -2.12. The molecule has 0 aromatic heterocycles. The van der Waals surface area contributed by atoms with Crippen molar-refractivity contribution in [2.45, 2.75) is 6.92 Å². The molecule has 0 radical (unpaired) electrons. The minimum absolute atomic E-state index is 0.177. The zero-order chi connectivity index (χ0) is 14.4. The minimum Gasteiger partial charge on any atom is -0.497 e. The van der Waals surface area contributed by atoms with Crippen molar-refractivity contribution < 1.29 is 24.5 Å². The third-order valence-electron chi connectivity index (χ3n) is 2.46. The molecule has 0 fully saturated rings. The molecule has 5 nitrogen and oxygen atoms in total. The first-order chi connectivity index (χ1) is 8.95. The number of carbonyl (C=O) groups is 2. The second-order valence-electron chi connectivity index (χ2n) is 3.77. The van der Waals surface area contributed by atoms with Gasteiger partial charge in [0.25, 0.3) is 0 Å². The van der Waals surface area contributed by atoms with Crippen LogP contribution in [0.15, 0.2) is 41.5 Å². The van der Waals surface area contributed by atoms with Gasteiger partial charge in [0.2, 0.25) is 0 Å². The second kappa shape index (κ2) is 6.39. The highest BCUT2D eigenvalue weighted by Crippen LogP contribution is 2.14. The summed E-state index contributed by atoms with van der Waals surface area (Å²) in [6.07, 6.45) is 3.10. The van der Waals surface area contributed by atoms with Gasteiger partial charge in [0.05, 0.1) is 7.11 Å². The van der Waals surface area contributed by atoms with E-state index in [1.54, 1.807) is 37.5 Å². The quantitative estimate of drug-likeness (QED) is 0.368. The maximum absolute atomic E-state index is 10.8. The average molecular weight is 262 g/mol. The lowest BCUT2D eigenvalue weighted by molar-refractivity contribution is -0.140.